The lowest BCUT2D eigenvalue weighted by Crippen LogP contribution is -2.23. The number of nitrogen functional groups attached to an aromatic ring is 1. The Kier molecular flexibility index (Phi) is 8.70. The van der Waals surface area contributed by atoms with Gasteiger partial charge < -0.3 is 5.73 Å². The minimum absolute atomic E-state index is 0.122. The summed E-state index contributed by atoms with van der Waals surface area (Å²) >= 11 is 6.16. The summed E-state index contributed by atoms with van der Waals surface area (Å²) in [6, 6.07) is 14.8. The van der Waals surface area contributed by atoms with E-state index >= 15 is 0 Å². The van der Waals surface area contributed by atoms with Gasteiger partial charge in [-0.15, -0.1) is 0 Å². The topological polar surface area (TPSA) is 86.7 Å². The van der Waals surface area contributed by atoms with Crippen LogP contribution in [-0.2, 0) is 6.42 Å². The molecule has 2 heterocycles. The summed E-state index contributed by atoms with van der Waals surface area (Å²) in [4.78, 5) is 25.2. The fourth-order valence-corrected chi connectivity index (χ4v) is 3.11. The summed E-state index contributed by atoms with van der Waals surface area (Å²) in [5, 5.41) is 0.905. The first-order valence-corrected chi connectivity index (χ1v) is 10.6. The zero-order chi connectivity index (χ0) is 23.0. The monoisotopic (exact) mass is 437 g/mol. The molecule has 2 aromatic heterocycles. The van der Waals surface area contributed by atoms with Crippen molar-refractivity contribution in [2.45, 2.75) is 41.0 Å². The van der Waals surface area contributed by atoms with Crippen molar-refractivity contribution in [3.8, 4) is 5.69 Å². The molecule has 0 radical (unpaired) electrons. The van der Waals surface area contributed by atoms with Crippen LogP contribution in [-0.4, -0.2) is 19.5 Å². The van der Waals surface area contributed by atoms with Gasteiger partial charge in [0, 0.05) is 18.2 Å². The average molecular weight is 438 g/mol. The molecule has 0 aliphatic heterocycles. The maximum absolute atomic E-state index is 12.8. The van der Waals surface area contributed by atoms with Crippen molar-refractivity contribution in [3.63, 3.8) is 0 Å². The zero-order valence-corrected chi connectivity index (χ0v) is 19.3. The lowest BCUT2D eigenvalue weighted by Gasteiger charge is -2.12. The molecule has 4 aromatic rings. The van der Waals surface area contributed by atoms with Gasteiger partial charge in [0.1, 0.15) is 17.5 Å². The summed E-state index contributed by atoms with van der Waals surface area (Å²) in [6.45, 7) is 9.68. The molecule has 0 unspecified atom stereocenters. The molecule has 0 aliphatic rings. The highest BCUT2D eigenvalue weighted by molar-refractivity contribution is 6.35. The van der Waals surface area contributed by atoms with Gasteiger partial charge >= 0.3 is 0 Å². The van der Waals surface area contributed by atoms with Crippen LogP contribution in [0.5, 0.6) is 0 Å². The molecule has 6 nitrogen and oxygen atoms in total. The molecule has 31 heavy (non-hydrogen) atoms. The fraction of sp³-hybridized carbons (Fsp3) is 0.250. The van der Waals surface area contributed by atoms with Gasteiger partial charge in [0.15, 0.2) is 0 Å². The Morgan fingerprint density at radius 3 is 2.26 bits per heavy atom. The number of aromatic nitrogens is 4. The number of aryl methyl sites for hydroxylation is 3. The van der Waals surface area contributed by atoms with E-state index in [1.165, 1.54) is 0 Å². The van der Waals surface area contributed by atoms with Gasteiger partial charge in [0.2, 0.25) is 0 Å². The number of nitrogens with two attached hydrogens (primary N) is 1. The Bertz CT molecular complexity index is 1210. The average Bonchev–Trinajstić information content (AvgIpc) is 2.78. The van der Waals surface area contributed by atoms with E-state index in [9.17, 15) is 4.79 Å². The summed E-state index contributed by atoms with van der Waals surface area (Å²) in [5.41, 5.74) is 7.73. The predicted molar refractivity (Wildman–Crippen MR) is 129 cm³/mol. The van der Waals surface area contributed by atoms with Crippen LogP contribution in [0.2, 0.25) is 5.02 Å². The molecule has 162 valence electrons. The lowest BCUT2D eigenvalue weighted by molar-refractivity contribution is 0.833. The normalized spacial score (nSPS) is 10.0. The number of hydrogen-bond acceptors (Lipinski definition) is 5. The van der Waals surface area contributed by atoms with E-state index < -0.39 is 0 Å². The number of hydrogen-bond donors (Lipinski definition) is 1. The molecule has 0 amide bonds. The Balaban J connectivity index is 0.000000261. The van der Waals surface area contributed by atoms with Crippen molar-refractivity contribution < 1.29 is 0 Å². The van der Waals surface area contributed by atoms with Crippen molar-refractivity contribution in [2.75, 3.05) is 5.73 Å². The van der Waals surface area contributed by atoms with Crippen LogP contribution < -0.4 is 11.3 Å². The summed E-state index contributed by atoms with van der Waals surface area (Å²) in [7, 11) is 0. The van der Waals surface area contributed by atoms with Gasteiger partial charge in [0.05, 0.1) is 21.6 Å². The highest BCUT2D eigenvalue weighted by Crippen LogP contribution is 2.20. The van der Waals surface area contributed by atoms with Gasteiger partial charge in [-0.05, 0) is 38.1 Å². The van der Waals surface area contributed by atoms with Crippen LogP contribution in [0.1, 0.15) is 38.0 Å². The first-order valence-electron chi connectivity index (χ1n) is 10.2. The summed E-state index contributed by atoms with van der Waals surface area (Å²) < 4.78 is 1.63. The molecule has 0 saturated heterocycles. The lowest BCUT2D eigenvalue weighted by atomic mass is 10.2. The van der Waals surface area contributed by atoms with Crippen LogP contribution in [0.25, 0.3) is 16.6 Å². The molecule has 4 rings (SSSR count). The van der Waals surface area contributed by atoms with Crippen LogP contribution >= 0.6 is 11.6 Å². The van der Waals surface area contributed by atoms with E-state index in [1.807, 2.05) is 77.1 Å². The minimum atomic E-state index is -0.122. The third-order valence-corrected chi connectivity index (χ3v) is 4.69. The molecular weight excluding hydrogens is 410 g/mol. The number of nitrogens with zero attached hydrogens (tertiary/aromatic N) is 4. The Morgan fingerprint density at radius 2 is 1.68 bits per heavy atom. The van der Waals surface area contributed by atoms with Crippen LogP contribution in [0.15, 0.2) is 59.5 Å². The van der Waals surface area contributed by atoms with Gasteiger partial charge in [-0.1, -0.05) is 56.6 Å². The van der Waals surface area contributed by atoms with E-state index in [1.54, 1.807) is 16.8 Å². The molecule has 0 fully saturated rings. The Hall–Kier alpha value is -3.25. The maximum Gasteiger partial charge on any atom is 0.267 e. The van der Waals surface area contributed by atoms with Crippen molar-refractivity contribution in [1.29, 1.82) is 0 Å². The third kappa shape index (κ3) is 5.67. The highest BCUT2D eigenvalue weighted by atomic mass is 35.5. The maximum atomic E-state index is 12.8. The second-order valence-electron chi connectivity index (χ2n) is 6.48. The van der Waals surface area contributed by atoms with E-state index in [0.717, 1.165) is 22.9 Å². The van der Waals surface area contributed by atoms with Gasteiger partial charge in [0.25, 0.3) is 5.56 Å². The van der Waals surface area contributed by atoms with E-state index in [0.29, 0.717) is 28.2 Å². The summed E-state index contributed by atoms with van der Waals surface area (Å²) in [5.74, 6) is 2.02. The van der Waals surface area contributed by atoms with Crippen LogP contribution in [0.3, 0.4) is 0 Å². The number of para-hydroxylation sites is 1. The van der Waals surface area contributed by atoms with E-state index in [4.69, 9.17) is 17.3 Å². The predicted octanol–water partition coefficient (Wildman–Crippen LogP) is 5.30. The first kappa shape index (κ1) is 24.0. The molecule has 0 spiro atoms. The smallest absolute Gasteiger partial charge is 0.267 e. The summed E-state index contributed by atoms with van der Waals surface area (Å²) in [6.07, 6.45) is 2.39. The van der Waals surface area contributed by atoms with Crippen LogP contribution in [0, 0.1) is 13.8 Å². The third-order valence-electron chi connectivity index (χ3n) is 4.38. The van der Waals surface area contributed by atoms with Gasteiger partial charge in [-0.25, -0.2) is 15.0 Å². The number of benzene rings is 2. The molecule has 0 bridgehead atoms. The molecule has 0 saturated carbocycles. The number of anilines is 1. The van der Waals surface area contributed by atoms with Gasteiger partial charge in [-0.3, -0.25) is 9.36 Å². The standard InChI is InChI=1S/C16H13ClN2O.C6H9N3.C2H6/c1-2-14-18-13-10-6-9-12(17)15(13)16(20)19(14)11-7-4-3-5-8-11;1-4-3-8-5(2)9-6(4)7;1-2/h3-10H,2H2,1H3;3H,1-2H3,(H2,7,8,9);1-2H3. The van der Waals surface area contributed by atoms with Crippen LogP contribution in [0.4, 0.5) is 5.82 Å². The van der Waals surface area contributed by atoms with Crippen molar-refractivity contribution in [3.05, 3.63) is 87.3 Å². The first-order chi connectivity index (χ1) is 14.9. The van der Waals surface area contributed by atoms with Gasteiger partial charge in [-0.2, -0.15) is 0 Å². The van der Waals surface area contributed by atoms with E-state index in [2.05, 4.69) is 15.0 Å². The number of halogens is 1. The van der Waals surface area contributed by atoms with Crippen molar-refractivity contribution >= 4 is 28.3 Å². The number of rotatable bonds is 2. The zero-order valence-electron chi connectivity index (χ0n) is 18.6. The molecule has 2 aromatic carbocycles. The molecular formula is C24H28ClN5O. The van der Waals surface area contributed by atoms with Crippen molar-refractivity contribution in [1.82, 2.24) is 19.5 Å². The second-order valence-corrected chi connectivity index (χ2v) is 6.88. The fourth-order valence-electron chi connectivity index (χ4n) is 2.86. The quantitative estimate of drug-likeness (QED) is 0.459. The molecule has 0 atom stereocenters. The van der Waals surface area contributed by atoms with Crippen molar-refractivity contribution in [2.24, 2.45) is 0 Å². The molecule has 2 N–H and O–H groups in total. The second kappa shape index (κ2) is 11.2. The minimum Gasteiger partial charge on any atom is -0.383 e. The SMILES string of the molecule is CC.CCc1nc2cccc(Cl)c2c(=O)n1-c1ccccc1.Cc1ncc(C)c(N)n1. The Labute approximate surface area is 187 Å². The largest absolute Gasteiger partial charge is 0.383 e. The molecule has 0 aliphatic carbocycles. The number of fused-ring (bicyclic) bond motifs is 1. The van der Waals surface area contributed by atoms with E-state index in [-0.39, 0.29) is 5.56 Å². The Morgan fingerprint density at radius 1 is 1.00 bits per heavy atom. The molecule has 7 heteroatoms. The highest BCUT2D eigenvalue weighted by Gasteiger charge is 2.13.